The number of amides is 1. The van der Waals surface area contributed by atoms with Crippen molar-refractivity contribution in [1.29, 1.82) is 0 Å². The van der Waals surface area contributed by atoms with Crippen LogP contribution in [-0.2, 0) is 4.79 Å². The van der Waals surface area contributed by atoms with Gasteiger partial charge in [0.15, 0.2) is 0 Å². The van der Waals surface area contributed by atoms with Gasteiger partial charge in [-0.3, -0.25) is 4.79 Å². The summed E-state index contributed by atoms with van der Waals surface area (Å²) in [7, 11) is 0. The van der Waals surface area contributed by atoms with Gasteiger partial charge < -0.3 is 10.6 Å². The predicted molar refractivity (Wildman–Crippen MR) is 94.6 cm³/mol. The fourth-order valence-corrected chi connectivity index (χ4v) is 3.42. The molecule has 0 radical (unpaired) electrons. The number of nitrogens with one attached hydrogen (secondary N) is 2. The highest BCUT2D eigenvalue weighted by Crippen LogP contribution is 2.29. The molecule has 0 fully saturated rings. The Hall–Kier alpha value is -1.33. The van der Waals surface area contributed by atoms with E-state index < -0.39 is 0 Å². The lowest BCUT2D eigenvalue weighted by Gasteiger charge is -2.17. The first-order chi connectivity index (χ1) is 9.95. The number of carbonyl (C=O) groups excluding carboxylic acids is 1. The Bertz CT molecular complexity index is 641. The van der Waals surface area contributed by atoms with Crippen molar-refractivity contribution in [2.75, 3.05) is 10.6 Å². The zero-order valence-corrected chi connectivity index (χ0v) is 15.0. The Labute approximate surface area is 141 Å². The summed E-state index contributed by atoms with van der Waals surface area (Å²) in [6.45, 7) is 3.61. The number of rotatable bonds is 4. The highest BCUT2D eigenvalue weighted by atomic mass is 79.9. The number of hydrogen-bond acceptors (Lipinski definition) is 2. The molecule has 0 saturated carbocycles. The van der Waals surface area contributed by atoms with E-state index in [-0.39, 0.29) is 11.9 Å². The molecule has 3 nitrogen and oxygen atoms in total. The van der Waals surface area contributed by atoms with Gasteiger partial charge in [-0.15, -0.1) is 0 Å². The normalized spacial score (nSPS) is 11.8. The summed E-state index contributed by atoms with van der Waals surface area (Å²) in [5.74, 6) is -0.0668. The molecule has 1 amide bonds. The quantitative estimate of drug-likeness (QED) is 0.712. The van der Waals surface area contributed by atoms with Crippen molar-refractivity contribution < 1.29 is 4.79 Å². The first-order valence-electron chi connectivity index (χ1n) is 6.55. The second kappa shape index (κ2) is 7.09. The molecule has 1 atom stereocenters. The Kier molecular flexibility index (Phi) is 5.42. The summed E-state index contributed by atoms with van der Waals surface area (Å²) in [5, 5.41) is 6.19. The zero-order chi connectivity index (χ0) is 15.4. The van der Waals surface area contributed by atoms with Crippen LogP contribution in [0.4, 0.5) is 11.4 Å². The van der Waals surface area contributed by atoms with Crippen LogP contribution in [-0.4, -0.2) is 5.91 Å². The van der Waals surface area contributed by atoms with Crippen molar-refractivity contribution >= 4 is 49.1 Å². The zero-order valence-electron chi connectivity index (χ0n) is 11.8. The van der Waals surface area contributed by atoms with Gasteiger partial charge in [0.25, 0.3) is 0 Å². The smallest absolute Gasteiger partial charge is 0.221 e. The van der Waals surface area contributed by atoms with E-state index >= 15 is 0 Å². The molecule has 0 aliphatic carbocycles. The molecule has 0 saturated heterocycles. The lowest BCUT2D eigenvalue weighted by atomic mass is 10.1. The highest BCUT2D eigenvalue weighted by Gasteiger charge is 2.09. The second-order valence-corrected chi connectivity index (χ2v) is 6.56. The van der Waals surface area contributed by atoms with Crippen LogP contribution in [0.25, 0.3) is 0 Å². The van der Waals surface area contributed by atoms with E-state index in [2.05, 4.69) is 55.5 Å². The van der Waals surface area contributed by atoms with Gasteiger partial charge in [0, 0.05) is 33.3 Å². The fourth-order valence-electron chi connectivity index (χ4n) is 2.03. The Morgan fingerprint density at radius 2 is 1.67 bits per heavy atom. The first-order valence-corrected chi connectivity index (χ1v) is 8.13. The average Bonchev–Trinajstić information content (AvgIpc) is 2.40. The molecular formula is C16H16Br2N2O. The van der Waals surface area contributed by atoms with Crippen LogP contribution in [0.2, 0.25) is 0 Å². The molecule has 0 bridgehead atoms. The van der Waals surface area contributed by atoms with Gasteiger partial charge in [-0.25, -0.2) is 0 Å². The summed E-state index contributed by atoms with van der Waals surface area (Å²) in [6, 6.07) is 14.0. The van der Waals surface area contributed by atoms with Crippen LogP contribution < -0.4 is 10.6 Å². The Morgan fingerprint density at radius 1 is 1.05 bits per heavy atom. The standard InChI is InChI=1S/C16H16Br2N2O/c1-10(15-8-3-12(17)9-16(15)18)19-13-4-6-14(7-5-13)20-11(2)21/h3-10,19H,1-2H3,(H,20,21). The maximum Gasteiger partial charge on any atom is 0.221 e. The number of hydrogen-bond donors (Lipinski definition) is 2. The summed E-state index contributed by atoms with van der Waals surface area (Å²) in [4.78, 5) is 11.0. The van der Waals surface area contributed by atoms with Gasteiger partial charge in [0.1, 0.15) is 0 Å². The second-order valence-electron chi connectivity index (χ2n) is 4.79. The largest absolute Gasteiger partial charge is 0.378 e. The van der Waals surface area contributed by atoms with Crippen LogP contribution in [0, 0.1) is 0 Å². The van der Waals surface area contributed by atoms with Gasteiger partial charge in [-0.2, -0.15) is 0 Å². The molecule has 21 heavy (non-hydrogen) atoms. The van der Waals surface area contributed by atoms with E-state index in [1.165, 1.54) is 12.5 Å². The third kappa shape index (κ3) is 4.58. The third-order valence-corrected chi connectivity index (χ3v) is 4.20. The van der Waals surface area contributed by atoms with E-state index in [4.69, 9.17) is 0 Å². The van der Waals surface area contributed by atoms with Crippen molar-refractivity contribution in [3.63, 3.8) is 0 Å². The van der Waals surface area contributed by atoms with Crippen molar-refractivity contribution in [2.24, 2.45) is 0 Å². The Balaban J connectivity index is 2.08. The summed E-state index contributed by atoms with van der Waals surface area (Å²) in [5.41, 5.74) is 2.99. The van der Waals surface area contributed by atoms with Crippen LogP contribution in [0.15, 0.2) is 51.4 Å². The summed E-state index contributed by atoms with van der Waals surface area (Å²) in [6.07, 6.45) is 0. The average molecular weight is 412 g/mol. The van der Waals surface area contributed by atoms with E-state index in [1.807, 2.05) is 36.4 Å². The molecule has 2 rings (SSSR count). The van der Waals surface area contributed by atoms with Crippen molar-refractivity contribution in [3.05, 3.63) is 57.0 Å². The molecule has 110 valence electrons. The van der Waals surface area contributed by atoms with Gasteiger partial charge in [0.05, 0.1) is 0 Å². The van der Waals surface area contributed by atoms with Gasteiger partial charge in [-0.05, 0) is 48.9 Å². The lowest BCUT2D eigenvalue weighted by molar-refractivity contribution is -0.114. The number of carbonyl (C=O) groups is 1. The summed E-state index contributed by atoms with van der Waals surface area (Å²) >= 11 is 7.04. The maximum absolute atomic E-state index is 11.0. The minimum absolute atomic E-state index is 0.0668. The molecule has 2 aromatic rings. The lowest BCUT2D eigenvalue weighted by Crippen LogP contribution is -2.08. The van der Waals surface area contributed by atoms with Crippen LogP contribution in [0.1, 0.15) is 25.5 Å². The van der Waals surface area contributed by atoms with Gasteiger partial charge in [-0.1, -0.05) is 37.9 Å². The predicted octanol–water partition coefficient (Wildman–Crippen LogP) is 5.34. The molecule has 0 aliphatic heterocycles. The number of benzene rings is 2. The van der Waals surface area contributed by atoms with Crippen molar-refractivity contribution in [3.8, 4) is 0 Å². The molecule has 5 heteroatoms. The highest BCUT2D eigenvalue weighted by molar-refractivity contribution is 9.11. The number of anilines is 2. The first kappa shape index (κ1) is 16.0. The fraction of sp³-hybridized carbons (Fsp3) is 0.188. The molecular weight excluding hydrogens is 396 g/mol. The minimum atomic E-state index is -0.0668. The molecule has 2 N–H and O–H groups in total. The summed E-state index contributed by atoms with van der Waals surface area (Å²) < 4.78 is 2.11. The monoisotopic (exact) mass is 410 g/mol. The van der Waals surface area contributed by atoms with Crippen LogP contribution in [0.3, 0.4) is 0 Å². The van der Waals surface area contributed by atoms with E-state index in [1.54, 1.807) is 0 Å². The van der Waals surface area contributed by atoms with E-state index in [0.29, 0.717) is 0 Å². The van der Waals surface area contributed by atoms with E-state index in [0.717, 1.165) is 20.3 Å². The van der Waals surface area contributed by atoms with Crippen LogP contribution in [0.5, 0.6) is 0 Å². The minimum Gasteiger partial charge on any atom is -0.378 e. The number of halogens is 2. The topological polar surface area (TPSA) is 41.1 Å². The van der Waals surface area contributed by atoms with Crippen LogP contribution >= 0.6 is 31.9 Å². The third-order valence-electron chi connectivity index (χ3n) is 3.02. The SMILES string of the molecule is CC(=O)Nc1ccc(NC(C)c2ccc(Br)cc2Br)cc1. The van der Waals surface area contributed by atoms with Crippen molar-refractivity contribution in [1.82, 2.24) is 0 Å². The van der Waals surface area contributed by atoms with Crippen molar-refractivity contribution in [2.45, 2.75) is 19.9 Å². The molecule has 0 aliphatic rings. The molecule has 0 spiro atoms. The van der Waals surface area contributed by atoms with Gasteiger partial charge in [0.2, 0.25) is 5.91 Å². The molecule has 0 heterocycles. The Morgan fingerprint density at radius 3 is 2.24 bits per heavy atom. The maximum atomic E-state index is 11.0. The molecule has 2 aromatic carbocycles. The molecule has 1 unspecified atom stereocenters. The van der Waals surface area contributed by atoms with E-state index in [9.17, 15) is 4.79 Å². The molecule has 0 aromatic heterocycles. The van der Waals surface area contributed by atoms with Gasteiger partial charge >= 0.3 is 0 Å².